The first kappa shape index (κ1) is 22.9. The summed E-state index contributed by atoms with van der Waals surface area (Å²) >= 11 is 0. The van der Waals surface area contributed by atoms with Gasteiger partial charge in [0.2, 0.25) is 0 Å². The van der Waals surface area contributed by atoms with Crippen LogP contribution in [0, 0.1) is 5.92 Å². The highest BCUT2D eigenvalue weighted by Gasteiger charge is 2.24. The minimum atomic E-state index is 0.0646. The summed E-state index contributed by atoms with van der Waals surface area (Å²) in [5.41, 5.74) is 2.81. The summed E-state index contributed by atoms with van der Waals surface area (Å²) in [5, 5.41) is 0.674. The van der Waals surface area contributed by atoms with Gasteiger partial charge in [-0.1, -0.05) is 26.0 Å². The van der Waals surface area contributed by atoms with E-state index in [9.17, 15) is 4.79 Å². The minimum Gasteiger partial charge on any atom is -0.486 e. The zero-order valence-electron chi connectivity index (χ0n) is 20.7. The van der Waals surface area contributed by atoms with Gasteiger partial charge in [-0.25, -0.2) is 4.98 Å². The molecule has 180 valence electrons. The molecule has 0 amide bonds. The second-order valence-electron chi connectivity index (χ2n) is 10.2. The summed E-state index contributed by atoms with van der Waals surface area (Å²) in [6.45, 7) is 12.8. The number of likely N-dealkylation sites (tertiary alicyclic amines) is 1. The van der Waals surface area contributed by atoms with E-state index in [0.717, 1.165) is 60.0 Å². The monoisotopic (exact) mass is 461 g/mol. The highest BCUT2D eigenvalue weighted by atomic mass is 16.6. The maximum Gasteiger partial charge on any atom is 0.261 e. The smallest absolute Gasteiger partial charge is 0.261 e. The van der Waals surface area contributed by atoms with Gasteiger partial charge in [0.05, 0.1) is 10.9 Å². The highest BCUT2D eigenvalue weighted by Crippen LogP contribution is 2.35. The first-order chi connectivity index (χ1) is 16.4. The van der Waals surface area contributed by atoms with E-state index < -0.39 is 0 Å². The number of nitrogens with zero attached hydrogens (tertiary/aromatic N) is 3. The molecule has 0 spiro atoms. The fourth-order valence-electron chi connectivity index (χ4n) is 5.23. The largest absolute Gasteiger partial charge is 0.486 e. The number of rotatable bonds is 5. The van der Waals surface area contributed by atoms with Crippen molar-refractivity contribution in [2.24, 2.45) is 5.92 Å². The Morgan fingerprint density at radius 2 is 1.74 bits per heavy atom. The normalized spacial score (nSPS) is 18.7. The van der Waals surface area contributed by atoms with E-state index in [1.165, 1.54) is 6.42 Å². The van der Waals surface area contributed by atoms with Crippen LogP contribution in [0.5, 0.6) is 11.5 Å². The number of aromatic nitrogens is 2. The molecule has 0 radical (unpaired) electrons. The first-order valence-electron chi connectivity index (χ1n) is 12.6. The Morgan fingerprint density at radius 3 is 2.50 bits per heavy atom. The van der Waals surface area contributed by atoms with Crippen LogP contribution in [-0.2, 0) is 6.54 Å². The number of benzene rings is 2. The van der Waals surface area contributed by atoms with Crippen molar-refractivity contribution in [3.05, 3.63) is 52.6 Å². The number of fused-ring (bicyclic) bond motifs is 2. The fourth-order valence-corrected chi connectivity index (χ4v) is 5.23. The molecule has 0 bridgehead atoms. The van der Waals surface area contributed by atoms with E-state index >= 15 is 0 Å². The highest BCUT2D eigenvalue weighted by molar-refractivity contribution is 5.84. The van der Waals surface area contributed by atoms with Gasteiger partial charge in [-0.15, -0.1) is 0 Å². The van der Waals surface area contributed by atoms with Crippen molar-refractivity contribution in [3.63, 3.8) is 0 Å². The summed E-state index contributed by atoms with van der Waals surface area (Å²) < 4.78 is 13.4. The fraction of sp³-hybridized carbons (Fsp3) is 0.500. The molecule has 34 heavy (non-hydrogen) atoms. The quantitative estimate of drug-likeness (QED) is 0.530. The molecule has 1 saturated heterocycles. The van der Waals surface area contributed by atoms with Gasteiger partial charge in [0, 0.05) is 25.0 Å². The van der Waals surface area contributed by atoms with Crippen molar-refractivity contribution in [1.82, 2.24) is 14.5 Å². The molecule has 0 unspecified atom stereocenters. The van der Waals surface area contributed by atoms with Gasteiger partial charge in [0.25, 0.3) is 5.56 Å². The summed E-state index contributed by atoms with van der Waals surface area (Å²) in [6, 6.07) is 12.5. The zero-order chi connectivity index (χ0) is 23.8. The number of hydrogen-bond acceptors (Lipinski definition) is 5. The van der Waals surface area contributed by atoms with Gasteiger partial charge in [0.1, 0.15) is 19.0 Å². The van der Waals surface area contributed by atoms with Gasteiger partial charge >= 0.3 is 0 Å². The number of hydrogen-bond donors (Lipinski definition) is 0. The van der Waals surface area contributed by atoms with E-state index in [1.54, 1.807) is 0 Å². The molecule has 2 aromatic carbocycles. The SMILES string of the molecule is CC(C)c1nc2ccc(-c3ccc4c(c3)OCCO4)cc2c(=O)n1C[C@H]1CCCN(C(C)C)C1. The molecule has 6 nitrogen and oxygen atoms in total. The van der Waals surface area contributed by atoms with Crippen molar-refractivity contribution < 1.29 is 9.47 Å². The first-order valence-corrected chi connectivity index (χ1v) is 12.6. The molecule has 1 fully saturated rings. The lowest BCUT2D eigenvalue weighted by Gasteiger charge is -2.36. The van der Waals surface area contributed by atoms with Crippen LogP contribution in [0.2, 0.25) is 0 Å². The molecular weight excluding hydrogens is 426 g/mol. The van der Waals surface area contributed by atoms with Crippen LogP contribution in [0.15, 0.2) is 41.2 Å². The lowest BCUT2D eigenvalue weighted by molar-refractivity contribution is 0.129. The van der Waals surface area contributed by atoms with Crippen LogP contribution in [0.4, 0.5) is 0 Å². The van der Waals surface area contributed by atoms with E-state index in [1.807, 2.05) is 41.0 Å². The predicted molar refractivity (Wildman–Crippen MR) is 136 cm³/mol. The van der Waals surface area contributed by atoms with Crippen molar-refractivity contribution >= 4 is 10.9 Å². The second-order valence-corrected chi connectivity index (χ2v) is 10.2. The van der Waals surface area contributed by atoms with Gasteiger partial charge in [0.15, 0.2) is 11.5 Å². The molecule has 1 atom stereocenters. The molecule has 2 aliphatic rings. The lowest BCUT2D eigenvalue weighted by atomic mass is 9.96. The van der Waals surface area contributed by atoms with Crippen molar-refractivity contribution in [3.8, 4) is 22.6 Å². The minimum absolute atomic E-state index is 0.0646. The maximum atomic E-state index is 13.8. The Labute approximate surface area is 201 Å². The zero-order valence-corrected chi connectivity index (χ0v) is 20.7. The average Bonchev–Trinajstić information content (AvgIpc) is 2.85. The Bertz CT molecular complexity index is 1250. The summed E-state index contributed by atoms with van der Waals surface area (Å²) in [7, 11) is 0. The molecule has 3 aromatic rings. The van der Waals surface area contributed by atoms with E-state index in [0.29, 0.717) is 30.6 Å². The van der Waals surface area contributed by atoms with Crippen LogP contribution in [0.25, 0.3) is 22.0 Å². The number of piperidine rings is 1. The molecule has 0 N–H and O–H groups in total. The van der Waals surface area contributed by atoms with Crippen molar-refractivity contribution in [2.75, 3.05) is 26.3 Å². The molecule has 3 heterocycles. The molecular formula is C28H35N3O3. The van der Waals surface area contributed by atoms with Crippen LogP contribution in [0.1, 0.15) is 52.3 Å². The van der Waals surface area contributed by atoms with Crippen LogP contribution in [0.3, 0.4) is 0 Å². The third-order valence-corrected chi connectivity index (χ3v) is 7.10. The maximum absolute atomic E-state index is 13.8. The van der Waals surface area contributed by atoms with Crippen molar-refractivity contribution in [1.29, 1.82) is 0 Å². The number of ether oxygens (including phenoxy) is 2. The topological polar surface area (TPSA) is 56.6 Å². The van der Waals surface area contributed by atoms with Gasteiger partial charge in [-0.2, -0.15) is 0 Å². The molecule has 0 aliphatic carbocycles. The average molecular weight is 462 g/mol. The lowest BCUT2D eigenvalue weighted by Crippen LogP contribution is -2.42. The Kier molecular flexibility index (Phi) is 6.34. The predicted octanol–water partition coefficient (Wildman–Crippen LogP) is 5.08. The molecule has 5 rings (SSSR count). The molecule has 2 aliphatic heterocycles. The Balaban J connectivity index is 1.54. The Hall–Kier alpha value is -2.86. The van der Waals surface area contributed by atoms with Crippen LogP contribution < -0.4 is 15.0 Å². The van der Waals surface area contributed by atoms with Gasteiger partial charge < -0.3 is 14.4 Å². The Morgan fingerprint density at radius 1 is 1.00 bits per heavy atom. The van der Waals surface area contributed by atoms with Crippen LogP contribution >= 0.6 is 0 Å². The third kappa shape index (κ3) is 4.43. The van der Waals surface area contributed by atoms with Gasteiger partial charge in [-0.3, -0.25) is 9.36 Å². The van der Waals surface area contributed by atoms with E-state index in [2.05, 4.69) is 32.6 Å². The second kappa shape index (κ2) is 9.41. The molecule has 1 aromatic heterocycles. The van der Waals surface area contributed by atoms with E-state index in [4.69, 9.17) is 14.5 Å². The van der Waals surface area contributed by atoms with Crippen LogP contribution in [-0.4, -0.2) is 46.8 Å². The molecule has 0 saturated carbocycles. The van der Waals surface area contributed by atoms with Crippen molar-refractivity contribution in [2.45, 2.75) is 59.0 Å². The van der Waals surface area contributed by atoms with E-state index in [-0.39, 0.29) is 11.5 Å². The summed E-state index contributed by atoms with van der Waals surface area (Å²) in [6.07, 6.45) is 2.34. The summed E-state index contributed by atoms with van der Waals surface area (Å²) in [5.74, 6) is 3.04. The summed E-state index contributed by atoms with van der Waals surface area (Å²) in [4.78, 5) is 21.3. The third-order valence-electron chi connectivity index (χ3n) is 7.10. The molecule has 6 heteroatoms. The van der Waals surface area contributed by atoms with Gasteiger partial charge in [-0.05, 0) is 74.5 Å². The standard InChI is InChI=1S/C28H35N3O3/c1-18(2)27-29-24-9-7-21(22-8-10-25-26(15-22)34-13-12-33-25)14-23(24)28(32)31(27)17-20-6-5-11-30(16-20)19(3)4/h7-10,14-15,18-20H,5-6,11-13,16-17H2,1-4H3/t20-/m0/s1.